The van der Waals surface area contributed by atoms with Crippen LogP contribution in [-0.4, -0.2) is 66.1 Å². The van der Waals surface area contributed by atoms with Gasteiger partial charge in [0.25, 0.3) is 5.91 Å². The van der Waals surface area contributed by atoms with Crippen LogP contribution in [0.2, 0.25) is 0 Å². The first kappa shape index (κ1) is 15.5. The van der Waals surface area contributed by atoms with E-state index in [-0.39, 0.29) is 11.9 Å². The second-order valence-electron chi connectivity index (χ2n) is 6.12. The molecular weight excluding hydrogens is 282 g/mol. The molecule has 1 aromatic rings. The van der Waals surface area contributed by atoms with E-state index in [1.165, 1.54) is 38.6 Å². The molecule has 6 heteroatoms. The van der Waals surface area contributed by atoms with Crippen LogP contribution in [0.25, 0.3) is 0 Å². The summed E-state index contributed by atoms with van der Waals surface area (Å²) in [5.74, 6) is -0.0120. The summed E-state index contributed by atoms with van der Waals surface area (Å²) < 4.78 is 10.4. The lowest BCUT2D eigenvalue weighted by molar-refractivity contribution is 0.0278. The number of likely N-dealkylation sites (tertiary alicyclic amines) is 1. The van der Waals surface area contributed by atoms with Crippen LogP contribution in [0.4, 0.5) is 0 Å². The van der Waals surface area contributed by atoms with E-state index < -0.39 is 0 Å². The van der Waals surface area contributed by atoms with Crippen molar-refractivity contribution in [3.8, 4) is 0 Å². The fraction of sp³-hybridized carbons (Fsp3) is 0.750. The topological polar surface area (TPSA) is 58.8 Å². The molecule has 0 unspecified atom stereocenters. The van der Waals surface area contributed by atoms with Gasteiger partial charge in [-0.2, -0.15) is 0 Å². The molecule has 3 heterocycles. The summed E-state index contributed by atoms with van der Waals surface area (Å²) in [4.78, 5) is 21.2. The Kier molecular flexibility index (Phi) is 5.45. The smallest absolute Gasteiger partial charge is 0.276 e. The molecule has 6 nitrogen and oxygen atoms in total. The van der Waals surface area contributed by atoms with Crippen molar-refractivity contribution >= 4 is 5.91 Å². The molecule has 3 rings (SSSR count). The monoisotopic (exact) mass is 307 g/mol. The summed E-state index contributed by atoms with van der Waals surface area (Å²) in [6, 6.07) is 0.261. The van der Waals surface area contributed by atoms with Gasteiger partial charge in [0.05, 0.1) is 0 Å². The average molecular weight is 307 g/mol. The van der Waals surface area contributed by atoms with Gasteiger partial charge in [0.2, 0.25) is 0 Å². The Morgan fingerprint density at radius 1 is 1.32 bits per heavy atom. The van der Waals surface area contributed by atoms with E-state index in [1.54, 1.807) is 0 Å². The molecule has 0 spiro atoms. The van der Waals surface area contributed by atoms with Gasteiger partial charge in [-0.15, -0.1) is 0 Å². The van der Waals surface area contributed by atoms with Crippen molar-refractivity contribution < 1.29 is 13.9 Å². The quantitative estimate of drug-likeness (QED) is 0.802. The highest BCUT2D eigenvalue weighted by atomic mass is 16.5. The Labute approximate surface area is 131 Å². The summed E-state index contributed by atoms with van der Waals surface area (Å²) in [5, 5.41) is 0. The van der Waals surface area contributed by atoms with Crippen LogP contribution in [0.1, 0.15) is 42.6 Å². The average Bonchev–Trinajstić information content (AvgIpc) is 3.25. The molecule has 1 amide bonds. The number of nitrogens with zero attached hydrogens (tertiary/aromatic N) is 3. The number of aromatic nitrogens is 1. The maximum absolute atomic E-state index is 12.7. The minimum Gasteiger partial charge on any atom is -0.451 e. The summed E-state index contributed by atoms with van der Waals surface area (Å²) >= 11 is 0. The lowest BCUT2D eigenvalue weighted by Gasteiger charge is -2.34. The minimum atomic E-state index is -0.0120. The Bertz CT molecular complexity index is 451. The van der Waals surface area contributed by atoms with Crippen molar-refractivity contribution in [3.63, 3.8) is 0 Å². The highest BCUT2D eigenvalue weighted by molar-refractivity contribution is 5.92. The Balaban J connectivity index is 1.58. The number of rotatable bonds is 6. The largest absolute Gasteiger partial charge is 0.451 e. The zero-order valence-electron chi connectivity index (χ0n) is 13.1. The number of amides is 1. The number of oxazole rings is 1. The van der Waals surface area contributed by atoms with Crippen LogP contribution in [0, 0.1) is 0 Å². The van der Waals surface area contributed by atoms with Crippen molar-refractivity contribution in [3.05, 3.63) is 18.4 Å². The first-order valence-corrected chi connectivity index (χ1v) is 8.34. The fourth-order valence-corrected chi connectivity index (χ4v) is 3.38. The molecule has 0 bridgehead atoms. The highest BCUT2D eigenvalue weighted by Crippen LogP contribution is 2.18. The molecular formula is C16H25N3O3. The summed E-state index contributed by atoms with van der Waals surface area (Å²) in [6.07, 6.45) is 8.21. The van der Waals surface area contributed by atoms with E-state index >= 15 is 0 Å². The number of ether oxygens (including phenoxy) is 1. The molecule has 22 heavy (non-hydrogen) atoms. The molecule has 2 saturated heterocycles. The van der Waals surface area contributed by atoms with E-state index in [9.17, 15) is 4.79 Å². The first-order chi connectivity index (χ1) is 10.8. The Hall–Kier alpha value is -1.40. The van der Waals surface area contributed by atoms with Crippen LogP contribution in [0.15, 0.2) is 17.1 Å². The number of hydrogen-bond donors (Lipinski definition) is 0. The predicted octanol–water partition coefficient (Wildman–Crippen LogP) is 1.78. The van der Waals surface area contributed by atoms with Gasteiger partial charge in [-0.3, -0.25) is 4.79 Å². The van der Waals surface area contributed by atoms with E-state index in [0.29, 0.717) is 5.69 Å². The van der Waals surface area contributed by atoms with Gasteiger partial charge in [-0.1, -0.05) is 0 Å². The minimum absolute atomic E-state index is 0.0120. The molecule has 2 fully saturated rings. The zero-order chi connectivity index (χ0) is 15.2. The van der Waals surface area contributed by atoms with Gasteiger partial charge in [-0.25, -0.2) is 4.98 Å². The molecule has 0 N–H and O–H groups in total. The van der Waals surface area contributed by atoms with Crippen LogP contribution >= 0.6 is 0 Å². The third kappa shape index (κ3) is 3.87. The molecule has 0 radical (unpaired) electrons. The fourth-order valence-electron chi connectivity index (χ4n) is 3.38. The third-order valence-electron chi connectivity index (χ3n) is 4.62. The lowest BCUT2D eigenvalue weighted by Crippen LogP contribution is -2.44. The highest BCUT2D eigenvalue weighted by Gasteiger charge is 2.27. The van der Waals surface area contributed by atoms with Crippen molar-refractivity contribution in [2.75, 3.05) is 39.4 Å². The summed E-state index contributed by atoms with van der Waals surface area (Å²) in [5.41, 5.74) is 0.410. The molecule has 0 aliphatic carbocycles. The van der Waals surface area contributed by atoms with Gasteiger partial charge >= 0.3 is 0 Å². The molecule has 1 aromatic heterocycles. The number of hydrogen-bond acceptors (Lipinski definition) is 5. The SMILES string of the molecule is O=C(c1cocn1)N(CCCN1CCCC1)C1CCOCC1. The van der Waals surface area contributed by atoms with Crippen molar-refractivity contribution in [2.24, 2.45) is 0 Å². The number of carbonyl (C=O) groups is 1. The van der Waals surface area contributed by atoms with E-state index in [1.807, 2.05) is 4.90 Å². The van der Waals surface area contributed by atoms with E-state index in [0.717, 1.165) is 45.6 Å². The van der Waals surface area contributed by atoms with Crippen molar-refractivity contribution in [1.29, 1.82) is 0 Å². The molecule has 2 aliphatic heterocycles. The Morgan fingerprint density at radius 2 is 2.09 bits per heavy atom. The third-order valence-corrected chi connectivity index (χ3v) is 4.62. The van der Waals surface area contributed by atoms with Gasteiger partial charge in [-0.05, 0) is 51.7 Å². The standard InChI is InChI=1S/C16H25N3O3/c20-16(15-12-22-13-17-15)19(14-4-10-21-11-5-14)9-3-8-18-6-1-2-7-18/h12-14H,1-11H2. The first-order valence-electron chi connectivity index (χ1n) is 8.34. The molecule has 0 saturated carbocycles. The summed E-state index contributed by atoms with van der Waals surface area (Å²) in [6.45, 7) is 5.74. The molecule has 0 aromatic carbocycles. The number of carbonyl (C=O) groups excluding carboxylic acids is 1. The van der Waals surface area contributed by atoms with Crippen LogP contribution < -0.4 is 0 Å². The van der Waals surface area contributed by atoms with Gasteiger partial charge in [0.1, 0.15) is 6.26 Å². The lowest BCUT2D eigenvalue weighted by atomic mass is 10.1. The van der Waals surface area contributed by atoms with Gasteiger partial charge in [0, 0.05) is 25.8 Å². The Morgan fingerprint density at radius 3 is 2.77 bits per heavy atom. The zero-order valence-corrected chi connectivity index (χ0v) is 13.1. The van der Waals surface area contributed by atoms with Crippen molar-refractivity contribution in [1.82, 2.24) is 14.8 Å². The summed E-state index contributed by atoms with van der Waals surface area (Å²) in [7, 11) is 0. The maximum atomic E-state index is 12.7. The molecule has 122 valence electrons. The predicted molar refractivity (Wildman–Crippen MR) is 81.7 cm³/mol. The van der Waals surface area contributed by atoms with E-state index in [2.05, 4.69) is 9.88 Å². The van der Waals surface area contributed by atoms with Crippen LogP contribution in [0.5, 0.6) is 0 Å². The van der Waals surface area contributed by atoms with Crippen molar-refractivity contribution in [2.45, 2.75) is 38.1 Å². The second-order valence-corrected chi connectivity index (χ2v) is 6.12. The molecule has 0 atom stereocenters. The van der Waals surface area contributed by atoms with Crippen LogP contribution in [-0.2, 0) is 4.74 Å². The normalized spacial score (nSPS) is 20.4. The maximum Gasteiger partial charge on any atom is 0.276 e. The van der Waals surface area contributed by atoms with E-state index in [4.69, 9.17) is 9.15 Å². The van der Waals surface area contributed by atoms with Gasteiger partial charge in [0.15, 0.2) is 12.1 Å². The second kappa shape index (κ2) is 7.74. The van der Waals surface area contributed by atoms with Gasteiger partial charge < -0.3 is 19.0 Å². The molecule has 2 aliphatic rings. The van der Waals surface area contributed by atoms with Crippen LogP contribution in [0.3, 0.4) is 0 Å².